The van der Waals surface area contributed by atoms with Crippen LogP contribution in [0.2, 0.25) is 0 Å². The Morgan fingerprint density at radius 3 is 1.65 bits per heavy atom. The minimum absolute atomic E-state index is 0.384. The Morgan fingerprint density at radius 1 is 0.562 bits per heavy atom. The molecule has 0 atom stereocenters. The van der Waals surface area contributed by atoms with Crippen LogP contribution in [-0.2, 0) is 17.6 Å². The Kier molecular flexibility index (Phi) is 22.2. The van der Waals surface area contributed by atoms with E-state index in [1.807, 2.05) is 103 Å². The minimum Gasteiger partial charge on any atom is -0.497 e. The summed E-state index contributed by atoms with van der Waals surface area (Å²) >= 11 is 0. The molecule has 4 nitrogen and oxygen atoms in total. The second-order valence-electron chi connectivity index (χ2n) is 11.8. The van der Waals surface area contributed by atoms with Crippen molar-refractivity contribution in [2.75, 3.05) is 14.2 Å². The van der Waals surface area contributed by atoms with Crippen molar-refractivity contribution in [1.29, 1.82) is 0 Å². The van der Waals surface area contributed by atoms with Crippen molar-refractivity contribution < 1.29 is 19.0 Å². The highest BCUT2D eigenvalue weighted by Gasteiger charge is 2.15. The van der Waals surface area contributed by atoms with Crippen molar-refractivity contribution >= 4 is 12.0 Å². The molecule has 0 aliphatic carbocycles. The average molecular weight is 651 g/mol. The van der Waals surface area contributed by atoms with Gasteiger partial charge >= 0.3 is 5.97 Å². The molecule has 258 valence electrons. The molecule has 0 aliphatic heterocycles. The number of benzene rings is 2. The summed E-state index contributed by atoms with van der Waals surface area (Å²) in [7, 11) is 3.37. The van der Waals surface area contributed by atoms with Gasteiger partial charge in [-0.2, -0.15) is 0 Å². The molecule has 0 N–H and O–H groups in total. The van der Waals surface area contributed by atoms with Gasteiger partial charge in [0.25, 0.3) is 0 Å². The van der Waals surface area contributed by atoms with Crippen LogP contribution in [0.15, 0.2) is 115 Å². The molecule has 4 heteroatoms. The normalized spacial score (nSPS) is 12.3. The van der Waals surface area contributed by atoms with Crippen LogP contribution in [-0.4, -0.2) is 20.2 Å². The number of unbranched alkanes of at least 4 members (excludes halogenated alkanes) is 9. The van der Waals surface area contributed by atoms with Crippen molar-refractivity contribution in [2.45, 2.75) is 97.3 Å². The predicted octanol–water partition coefficient (Wildman–Crippen LogP) is 12.1. The smallest absolute Gasteiger partial charge is 0.336 e. The minimum atomic E-state index is -0.384. The van der Waals surface area contributed by atoms with E-state index < -0.39 is 0 Å². The number of carbonyl (C=O) groups excluding carboxylic acids is 1. The Balaban J connectivity index is 1.86. The zero-order valence-electron chi connectivity index (χ0n) is 29.9. The summed E-state index contributed by atoms with van der Waals surface area (Å²) in [6, 6.07) is 12.1. The molecule has 0 amide bonds. The predicted molar refractivity (Wildman–Crippen MR) is 205 cm³/mol. The molecule has 2 aromatic rings. The molecule has 0 saturated carbocycles. The molecule has 2 aromatic carbocycles. The fourth-order valence-corrected chi connectivity index (χ4v) is 5.15. The molecule has 0 aliphatic rings. The lowest BCUT2D eigenvalue weighted by Crippen LogP contribution is -2.08. The van der Waals surface area contributed by atoms with Crippen molar-refractivity contribution in [1.82, 2.24) is 0 Å². The number of hydrogen-bond acceptors (Lipinski definition) is 4. The van der Waals surface area contributed by atoms with Crippen LogP contribution in [0, 0.1) is 0 Å². The Bertz CT molecular complexity index is 1370. The average Bonchev–Trinajstić information content (AvgIpc) is 3.10. The van der Waals surface area contributed by atoms with Crippen molar-refractivity contribution in [3.05, 3.63) is 132 Å². The van der Waals surface area contributed by atoms with Crippen LogP contribution in [0.5, 0.6) is 17.2 Å². The van der Waals surface area contributed by atoms with Gasteiger partial charge in [0.1, 0.15) is 17.2 Å². The fraction of sp³-hybridized carbons (Fsp3) is 0.386. The summed E-state index contributed by atoms with van der Waals surface area (Å²) in [6.07, 6.45) is 41.9. The highest BCUT2D eigenvalue weighted by Crippen LogP contribution is 2.33. The first-order valence-corrected chi connectivity index (χ1v) is 17.8. The molecule has 2 rings (SSSR count). The highest BCUT2D eigenvalue weighted by molar-refractivity contribution is 5.84. The van der Waals surface area contributed by atoms with Gasteiger partial charge in [-0.1, -0.05) is 163 Å². The van der Waals surface area contributed by atoms with Crippen LogP contribution < -0.4 is 14.2 Å². The van der Waals surface area contributed by atoms with Gasteiger partial charge in [0.05, 0.1) is 14.2 Å². The van der Waals surface area contributed by atoms with Gasteiger partial charge in [0.2, 0.25) is 0 Å². The zero-order valence-corrected chi connectivity index (χ0v) is 29.9. The number of methoxy groups -OCH3 is 2. The number of rotatable bonds is 24. The van der Waals surface area contributed by atoms with Gasteiger partial charge in [0.15, 0.2) is 0 Å². The molecule has 0 fully saturated rings. The summed E-state index contributed by atoms with van der Waals surface area (Å²) < 4.78 is 16.9. The summed E-state index contributed by atoms with van der Waals surface area (Å²) in [6.45, 7) is 4.46. The Labute approximate surface area is 291 Å². The van der Waals surface area contributed by atoms with Crippen molar-refractivity contribution in [3.63, 3.8) is 0 Å². The molecule has 0 heterocycles. The van der Waals surface area contributed by atoms with E-state index in [-0.39, 0.29) is 5.97 Å². The van der Waals surface area contributed by atoms with Crippen LogP contribution in [0.25, 0.3) is 6.08 Å². The molecule has 0 bridgehead atoms. The van der Waals surface area contributed by atoms with Gasteiger partial charge in [-0.05, 0) is 61.1 Å². The molecule has 0 radical (unpaired) electrons. The van der Waals surface area contributed by atoms with E-state index in [2.05, 4.69) is 19.9 Å². The Morgan fingerprint density at radius 2 is 1.06 bits per heavy atom. The van der Waals surface area contributed by atoms with E-state index in [4.69, 9.17) is 14.2 Å². The number of aryl methyl sites for hydroxylation is 1. The second-order valence-corrected chi connectivity index (χ2v) is 11.8. The molecule has 0 spiro atoms. The quantitative estimate of drug-likeness (QED) is 0.0373. The second kappa shape index (κ2) is 26.7. The lowest BCUT2D eigenvalue weighted by atomic mass is 9.99. The summed E-state index contributed by atoms with van der Waals surface area (Å²) in [5, 5.41) is 0. The van der Waals surface area contributed by atoms with Gasteiger partial charge in [-0.25, -0.2) is 4.79 Å². The zero-order chi connectivity index (χ0) is 34.5. The summed E-state index contributed by atoms with van der Waals surface area (Å²) in [4.78, 5) is 12.8. The largest absolute Gasteiger partial charge is 0.497 e. The van der Waals surface area contributed by atoms with Crippen molar-refractivity contribution in [2.24, 2.45) is 0 Å². The maximum atomic E-state index is 12.8. The van der Waals surface area contributed by atoms with E-state index >= 15 is 0 Å². The number of allylic oxidation sites excluding steroid dienone is 12. The van der Waals surface area contributed by atoms with Gasteiger partial charge < -0.3 is 14.2 Å². The fourth-order valence-electron chi connectivity index (χ4n) is 5.15. The standard InChI is InChI=1S/C44H58O4/c1-5-7-9-10-11-19-22-26-30-41-42(47-4)36-39(29-24-8-6-2)37-43(41)48-44(45)31-27-23-20-17-15-13-12-14-16-18-21-25-28-38-32-34-40(46-3)35-33-38/h12-18,20-21,23,25,27-28,31-37H,5-11,19,22,24,26,29-30H2,1-4H3/b13-12+,16-14+,17-15+,21-18+,23-20+,28-25+,31-27+. The summed E-state index contributed by atoms with van der Waals surface area (Å²) in [5.74, 6) is 1.92. The maximum absolute atomic E-state index is 12.8. The number of carbonyl (C=O) groups is 1. The number of ether oxygens (including phenoxy) is 3. The highest BCUT2D eigenvalue weighted by atomic mass is 16.5. The third kappa shape index (κ3) is 18.1. The van der Waals surface area contributed by atoms with Gasteiger partial charge in [-0.15, -0.1) is 0 Å². The third-order valence-corrected chi connectivity index (χ3v) is 7.87. The number of hydrogen-bond donors (Lipinski definition) is 0. The third-order valence-electron chi connectivity index (χ3n) is 7.87. The van der Waals surface area contributed by atoms with Crippen LogP contribution >= 0.6 is 0 Å². The molecular formula is C44H58O4. The van der Waals surface area contributed by atoms with Crippen LogP contribution in [0.3, 0.4) is 0 Å². The lowest BCUT2D eigenvalue weighted by molar-refractivity contribution is -0.129. The van der Waals surface area contributed by atoms with E-state index in [1.165, 1.54) is 63.9 Å². The molecular weight excluding hydrogens is 592 g/mol. The van der Waals surface area contributed by atoms with E-state index in [0.29, 0.717) is 5.75 Å². The molecule has 0 unspecified atom stereocenters. The first-order valence-electron chi connectivity index (χ1n) is 17.8. The Hall–Kier alpha value is -4.31. The van der Waals surface area contributed by atoms with Crippen molar-refractivity contribution in [3.8, 4) is 17.2 Å². The molecule has 48 heavy (non-hydrogen) atoms. The van der Waals surface area contributed by atoms with E-state index in [1.54, 1.807) is 20.3 Å². The molecule has 0 aromatic heterocycles. The topological polar surface area (TPSA) is 44.8 Å². The maximum Gasteiger partial charge on any atom is 0.336 e. The lowest BCUT2D eigenvalue weighted by Gasteiger charge is -2.16. The monoisotopic (exact) mass is 650 g/mol. The first kappa shape index (κ1) is 39.9. The van der Waals surface area contributed by atoms with Gasteiger partial charge in [0, 0.05) is 11.6 Å². The van der Waals surface area contributed by atoms with Gasteiger partial charge in [-0.3, -0.25) is 0 Å². The van der Waals surface area contributed by atoms with E-state index in [0.717, 1.165) is 53.9 Å². The SMILES string of the molecule is CCCCCCCCCCc1c(OC)cc(CCCCC)cc1OC(=O)/C=C/C=C/C=C/C=C/C=C/C=C/C=C/c1ccc(OC)cc1. The first-order chi connectivity index (χ1) is 23.6. The van der Waals surface area contributed by atoms with Crippen LogP contribution in [0.1, 0.15) is 101 Å². The van der Waals surface area contributed by atoms with E-state index in [9.17, 15) is 4.79 Å². The number of esters is 1. The van der Waals surface area contributed by atoms with Crippen LogP contribution in [0.4, 0.5) is 0 Å². The summed E-state index contributed by atoms with van der Waals surface area (Å²) in [5.41, 5.74) is 3.26. The molecule has 0 saturated heterocycles.